The van der Waals surface area contributed by atoms with Gasteiger partial charge in [-0.05, 0) is 23.9 Å². The Kier molecular flexibility index (Phi) is 3.45. The molecule has 1 amide bonds. The number of amides is 1. The van der Waals surface area contributed by atoms with Gasteiger partial charge in [0.15, 0.2) is 0 Å². The number of aryl methyl sites for hydroxylation is 1. The van der Waals surface area contributed by atoms with Crippen LogP contribution in [0.1, 0.15) is 23.4 Å². The maximum atomic E-state index is 10.8. The summed E-state index contributed by atoms with van der Waals surface area (Å²) >= 11 is 1.55. The Balaban J connectivity index is 2.78. The molecule has 4 heteroatoms. The lowest BCUT2D eigenvalue weighted by Gasteiger charge is -2.14. The van der Waals surface area contributed by atoms with Crippen LogP contribution in [0.3, 0.4) is 0 Å². The lowest BCUT2D eigenvalue weighted by atomic mass is 10.2. The SMILES string of the molecule is CC(=O)NC(CO)c1sccc1C. The Morgan fingerprint density at radius 2 is 2.46 bits per heavy atom. The van der Waals surface area contributed by atoms with Crippen molar-refractivity contribution >= 4 is 17.2 Å². The zero-order valence-electron chi connectivity index (χ0n) is 7.70. The highest BCUT2D eigenvalue weighted by molar-refractivity contribution is 7.10. The number of carbonyl (C=O) groups is 1. The van der Waals surface area contributed by atoms with Crippen LogP contribution in [0.25, 0.3) is 0 Å². The molecular formula is C9H13NO2S. The van der Waals surface area contributed by atoms with Crippen molar-refractivity contribution in [3.05, 3.63) is 21.9 Å². The van der Waals surface area contributed by atoms with Gasteiger partial charge >= 0.3 is 0 Å². The van der Waals surface area contributed by atoms with Gasteiger partial charge in [-0.1, -0.05) is 0 Å². The van der Waals surface area contributed by atoms with Crippen LogP contribution in [0.2, 0.25) is 0 Å². The highest BCUT2D eigenvalue weighted by Gasteiger charge is 2.14. The van der Waals surface area contributed by atoms with Crippen LogP contribution < -0.4 is 5.32 Å². The molecule has 1 unspecified atom stereocenters. The minimum Gasteiger partial charge on any atom is -0.394 e. The van der Waals surface area contributed by atoms with Gasteiger partial charge in [0, 0.05) is 11.8 Å². The number of rotatable bonds is 3. The van der Waals surface area contributed by atoms with Gasteiger partial charge in [0.05, 0.1) is 12.6 Å². The first-order valence-electron chi connectivity index (χ1n) is 4.07. The fraction of sp³-hybridized carbons (Fsp3) is 0.444. The molecular weight excluding hydrogens is 186 g/mol. The van der Waals surface area contributed by atoms with Crippen LogP contribution in [0.4, 0.5) is 0 Å². The van der Waals surface area contributed by atoms with Crippen molar-refractivity contribution in [2.24, 2.45) is 0 Å². The van der Waals surface area contributed by atoms with E-state index < -0.39 is 0 Å². The summed E-state index contributed by atoms with van der Waals surface area (Å²) in [6.45, 7) is 3.36. The fourth-order valence-corrected chi connectivity index (χ4v) is 2.15. The Bertz CT molecular complexity index is 296. The molecule has 1 rings (SSSR count). The highest BCUT2D eigenvalue weighted by Crippen LogP contribution is 2.23. The monoisotopic (exact) mass is 199 g/mol. The van der Waals surface area contributed by atoms with E-state index in [4.69, 9.17) is 5.11 Å². The van der Waals surface area contributed by atoms with Crippen molar-refractivity contribution in [1.82, 2.24) is 5.32 Å². The maximum absolute atomic E-state index is 10.8. The predicted octanol–water partition coefficient (Wildman–Crippen LogP) is 1.23. The molecule has 0 aliphatic heterocycles. The van der Waals surface area contributed by atoms with E-state index in [1.165, 1.54) is 6.92 Å². The number of carbonyl (C=O) groups excluding carboxylic acids is 1. The summed E-state index contributed by atoms with van der Waals surface area (Å²) in [5, 5.41) is 13.7. The van der Waals surface area contributed by atoms with Gasteiger partial charge in [0.25, 0.3) is 0 Å². The van der Waals surface area contributed by atoms with E-state index in [-0.39, 0.29) is 18.6 Å². The van der Waals surface area contributed by atoms with E-state index in [1.54, 1.807) is 11.3 Å². The zero-order chi connectivity index (χ0) is 9.84. The van der Waals surface area contributed by atoms with E-state index in [0.717, 1.165) is 10.4 Å². The molecule has 1 aromatic heterocycles. The predicted molar refractivity (Wildman–Crippen MR) is 52.7 cm³/mol. The molecule has 1 heterocycles. The smallest absolute Gasteiger partial charge is 0.217 e. The Morgan fingerprint density at radius 3 is 2.85 bits per heavy atom. The number of hydrogen-bond donors (Lipinski definition) is 2. The van der Waals surface area contributed by atoms with E-state index in [9.17, 15) is 4.79 Å². The normalized spacial score (nSPS) is 12.5. The molecule has 0 bridgehead atoms. The standard InChI is InChI=1S/C9H13NO2S/c1-6-3-4-13-9(6)8(5-11)10-7(2)12/h3-4,8,11H,5H2,1-2H3,(H,10,12). The third kappa shape index (κ3) is 2.54. The largest absolute Gasteiger partial charge is 0.394 e. The molecule has 0 radical (unpaired) electrons. The Hall–Kier alpha value is -0.870. The van der Waals surface area contributed by atoms with Gasteiger partial charge in [-0.15, -0.1) is 11.3 Å². The first kappa shape index (κ1) is 10.2. The molecule has 72 valence electrons. The van der Waals surface area contributed by atoms with Crippen molar-refractivity contribution in [2.75, 3.05) is 6.61 Å². The van der Waals surface area contributed by atoms with Crippen LogP contribution in [0, 0.1) is 6.92 Å². The summed E-state index contributed by atoms with van der Waals surface area (Å²) in [6.07, 6.45) is 0. The third-order valence-corrected chi connectivity index (χ3v) is 2.91. The molecule has 0 saturated heterocycles. The summed E-state index contributed by atoms with van der Waals surface area (Å²) in [6, 6.07) is 1.72. The average molecular weight is 199 g/mol. The molecule has 3 nitrogen and oxygen atoms in total. The Labute approximate surface area is 81.4 Å². The van der Waals surface area contributed by atoms with E-state index >= 15 is 0 Å². The highest BCUT2D eigenvalue weighted by atomic mass is 32.1. The lowest BCUT2D eigenvalue weighted by molar-refractivity contribution is -0.120. The number of nitrogens with one attached hydrogen (secondary N) is 1. The van der Waals surface area contributed by atoms with E-state index in [2.05, 4.69) is 5.32 Å². The van der Waals surface area contributed by atoms with Gasteiger partial charge in [0.1, 0.15) is 0 Å². The van der Waals surface area contributed by atoms with Gasteiger partial charge in [0.2, 0.25) is 5.91 Å². The zero-order valence-corrected chi connectivity index (χ0v) is 8.52. The number of aliphatic hydroxyl groups is 1. The summed E-state index contributed by atoms with van der Waals surface area (Å²) < 4.78 is 0. The van der Waals surface area contributed by atoms with Crippen molar-refractivity contribution in [1.29, 1.82) is 0 Å². The van der Waals surface area contributed by atoms with Crippen LogP contribution in [0.5, 0.6) is 0 Å². The van der Waals surface area contributed by atoms with Crippen molar-refractivity contribution < 1.29 is 9.90 Å². The quantitative estimate of drug-likeness (QED) is 0.769. The second-order valence-electron chi connectivity index (χ2n) is 2.90. The topological polar surface area (TPSA) is 49.3 Å². The second kappa shape index (κ2) is 4.39. The first-order chi connectivity index (χ1) is 6.15. The van der Waals surface area contributed by atoms with Crippen LogP contribution >= 0.6 is 11.3 Å². The fourth-order valence-electron chi connectivity index (χ4n) is 1.18. The summed E-state index contributed by atoms with van der Waals surface area (Å²) in [4.78, 5) is 11.8. The van der Waals surface area contributed by atoms with E-state index in [0.29, 0.717) is 0 Å². The molecule has 0 aliphatic rings. The number of hydrogen-bond acceptors (Lipinski definition) is 3. The molecule has 0 spiro atoms. The van der Waals surface area contributed by atoms with Gasteiger partial charge < -0.3 is 10.4 Å². The third-order valence-electron chi connectivity index (χ3n) is 1.78. The minimum absolute atomic E-state index is 0.0546. The van der Waals surface area contributed by atoms with Crippen molar-refractivity contribution in [2.45, 2.75) is 19.9 Å². The van der Waals surface area contributed by atoms with Gasteiger partial charge in [-0.2, -0.15) is 0 Å². The molecule has 0 aliphatic carbocycles. The Morgan fingerprint density at radius 1 is 1.77 bits per heavy atom. The van der Waals surface area contributed by atoms with Crippen LogP contribution in [0.15, 0.2) is 11.4 Å². The van der Waals surface area contributed by atoms with Gasteiger partial charge in [-0.3, -0.25) is 4.79 Å². The lowest BCUT2D eigenvalue weighted by Crippen LogP contribution is -2.28. The molecule has 1 aromatic rings. The molecule has 0 aromatic carbocycles. The molecule has 1 atom stereocenters. The maximum Gasteiger partial charge on any atom is 0.217 e. The summed E-state index contributed by atoms with van der Waals surface area (Å²) in [5.41, 5.74) is 1.11. The second-order valence-corrected chi connectivity index (χ2v) is 3.85. The number of aliphatic hydroxyl groups excluding tert-OH is 1. The molecule has 13 heavy (non-hydrogen) atoms. The minimum atomic E-state index is -0.252. The van der Waals surface area contributed by atoms with Gasteiger partial charge in [-0.25, -0.2) is 0 Å². The number of thiophene rings is 1. The average Bonchev–Trinajstić information content (AvgIpc) is 2.47. The first-order valence-corrected chi connectivity index (χ1v) is 4.95. The van der Waals surface area contributed by atoms with Crippen LogP contribution in [-0.4, -0.2) is 17.6 Å². The van der Waals surface area contributed by atoms with Crippen molar-refractivity contribution in [3.63, 3.8) is 0 Å². The van der Waals surface area contributed by atoms with Crippen molar-refractivity contribution in [3.8, 4) is 0 Å². The summed E-state index contributed by atoms with van der Waals surface area (Å²) in [7, 11) is 0. The van der Waals surface area contributed by atoms with Crippen LogP contribution in [-0.2, 0) is 4.79 Å². The van der Waals surface area contributed by atoms with E-state index in [1.807, 2.05) is 18.4 Å². The summed E-state index contributed by atoms with van der Waals surface area (Å²) in [5.74, 6) is -0.119. The molecule has 2 N–H and O–H groups in total. The molecule has 0 saturated carbocycles. The molecule has 0 fully saturated rings.